The zero-order chi connectivity index (χ0) is 26.1. The molecule has 0 fully saturated rings. The van der Waals surface area contributed by atoms with Gasteiger partial charge in [0.2, 0.25) is 11.8 Å². The maximum absolute atomic E-state index is 13.7. The molecule has 0 aliphatic heterocycles. The Morgan fingerprint density at radius 2 is 1.56 bits per heavy atom. The van der Waals surface area contributed by atoms with Crippen molar-refractivity contribution in [1.29, 1.82) is 0 Å². The lowest BCUT2D eigenvalue weighted by molar-refractivity contribution is -0.141. The molecule has 0 radical (unpaired) electrons. The minimum Gasteiger partial charge on any atom is -0.497 e. The first-order valence-electron chi connectivity index (χ1n) is 12.5. The van der Waals surface area contributed by atoms with Crippen LogP contribution in [0.2, 0.25) is 0 Å². The van der Waals surface area contributed by atoms with Crippen LogP contribution in [-0.4, -0.2) is 36.9 Å². The lowest BCUT2D eigenvalue weighted by Crippen LogP contribution is -2.49. The molecule has 1 N–H and O–H groups in total. The van der Waals surface area contributed by atoms with Crippen molar-refractivity contribution in [3.63, 3.8) is 0 Å². The molecule has 36 heavy (non-hydrogen) atoms. The molecular formula is C31H38N2O3. The van der Waals surface area contributed by atoms with Crippen molar-refractivity contribution in [3.8, 4) is 5.75 Å². The fraction of sp³-hybridized carbons (Fsp3) is 0.355. The fourth-order valence-corrected chi connectivity index (χ4v) is 4.25. The number of carbonyl (C=O) groups excluding carboxylic acids is 2. The van der Waals surface area contributed by atoms with Gasteiger partial charge in [0.15, 0.2) is 0 Å². The van der Waals surface area contributed by atoms with Crippen LogP contribution >= 0.6 is 0 Å². The van der Waals surface area contributed by atoms with Crippen LogP contribution < -0.4 is 10.1 Å². The first-order chi connectivity index (χ1) is 17.2. The number of aryl methyl sites for hydroxylation is 1. The number of carbonyl (C=O) groups is 2. The molecule has 0 saturated heterocycles. The fourth-order valence-electron chi connectivity index (χ4n) is 4.25. The van der Waals surface area contributed by atoms with Gasteiger partial charge in [0.1, 0.15) is 11.8 Å². The van der Waals surface area contributed by atoms with E-state index in [4.69, 9.17) is 4.74 Å². The Bertz CT molecular complexity index is 1130. The third kappa shape index (κ3) is 7.45. The van der Waals surface area contributed by atoms with E-state index in [9.17, 15) is 9.59 Å². The summed E-state index contributed by atoms with van der Waals surface area (Å²) in [4.78, 5) is 28.4. The number of rotatable bonds is 10. The van der Waals surface area contributed by atoms with E-state index in [-0.39, 0.29) is 17.2 Å². The minimum absolute atomic E-state index is 0.0535. The number of nitrogens with one attached hydrogen (secondary N) is 1. The smallest absolute Gasteiger partial charge is 0.242 e. The van der Waals surface area contributed by atoms with Gasteiger partial charge in [-0.1, -0.05) is 87.5 Å². The average molecular weight is 487 g/mol. The topological polar surface area (TPSA) is 58.6 Å². The van der Waals surface area contributed by atoms with Gasteiger partial charge in [0.25, 0.3) is 0 Å². The summed E-state index contributed by atoms with van der Waals surface area (Å²) in [6.07, 6.45) is 1.38. The molecule has 5 heteroatoms. The zero-order valence-electron chi connectivity index (χ0n) is 22.1. The van der Waals surface area contributed by atoms with Crippen LogP contribution in [0.3, 0.4) is 0 Å². The Labute approximate surface area is 215 Å². The van der Waals surface area contributed by atoms with Crippen molar-refractivity contribution in [2.75, 3.05) is 14.2 Å². The Kier molecular flexibility index (Phi) is 9.29. The summed E-state index contributed by atoms with van der Waals surface area (Å²) in [6.45, 7) is 6.89. The molecule has 0 bridgehead atoms. The largest absolute Gasteiger partial charge is 0.497 e. The average Bonchev–Trinajstić information content (AvgIpc) is 2.89. The number of hydrogen-bond acceptors (Lipinski definition) is 3. The number of amides is 2. The first-order valence-corrected chi connectivity index (χ1v) is 12.5. The van der Waals surface area contributed by atoms with Crippen molar-refractivity contribution in [3.05, 3.63) is 101 Å². The highest BCUT2D eigenvalue weighted by molar-refractivity contribution is 5.88. The summed E-state index contributed by atoms with van der Waals surface area (Å²) in [5, 5.41) is 2.77. The second kappa shape index (κ2) is 12.4. The summed E-state index contributed by atoms with van der Waals surface area (Å²) < 4.78 is 5.38. The molecule has 0 aliphatic rings. The molecule has 0 aromatic heterocycles. The standard InChI is InChI=1S/C31H38N2O3/c1-31(2,3)26-17-14-23(15-18-26)16-19-29(34)33(22-25-12-9-13-27(20-25)36-5)28(30(35)32-4)21-24-10-7-6-8-11-24/h6-15,17-18,20,28H,16,19,21-22H2,1-5H3,(H,32,35). The monoisotopic (exact) mass is 486 g/mol. The Balaban J connectivity index is 1.85. The Morgan fingerprint density at radius 3 is 2.17 bits per heavy atom. The molecule has 1 unspecified atom stereocenters. The molecule has 0 saturated carbocycles. The van der Waals surface area contributed by atoms with Crippen molar-refractivity contribution >= 4 is 11.8 Å². The van der Waals surface area contributed by atoms with Crippen LogP contribution in [0.5, 0.6) is 5.75 Å². The van der Waals surface area contributed by atoms with E-state index < -0.39 is 6.04 Å². The first kappa shape index (κ1) is 27.0. The van der Waals surface area contributed by atoms with Gasteiger partial charge >= 0.3 is 0 Å². The second-order valence-electron chi connectivity index (χ2n) is 10.1. The minimum atomic E-state index is -0.626. The van der Waals surface area contributed by atoms with Gasteiger partial charge in [-0.2, -0.15) is 0 Å². The molecule has 3 aromatic carbocycles. The molecule has 0 heterocycles. The zero-order valence-corrected chi connectivity index (χ0v) is 22.1. The molecule has 2 amide bonds. The highest BCUT2D eigenvalue weighted by Crippen LogP contribution is 2.23. The molecule has 1 atom stereocenters. The molecule has 0 aliphatic carbocycles. The van der Waals surface area contributed by atoms with Crippen LogP contribution in [0.25, 0.3) is 0 Å². The van der Waals surface area contributed by atoms with Gasteiger partial charge < -0.3 is 15.0 Å². The van der Waals surface area contributed by atoms with Crippen LogP contribution in [-0.2, 0) is 34.4 Å². The van der Waals surface area contributed by atoms with Gasteiger partial charge in [-0.25, -0.2) is 0 Å². The van der Waals surface area contributed by atoms with Gasteiger partial charge in [0.05, 0.1) is 7.11 Å². The summed E-state index contributed by atoms with van der Waals surface area (Å²) >= 11 is 0. The van der Waals surface area contributed by atoms with Gasteiger partial charge in [-0.3, -0.25) is 9.59 Å². The summed E-state index contributed by atoms with van der Waals surface area (Å²) in [5.74, 6) is 0.491. The number of ether oxygens (including phenoxy) is 1. The van der Waals surface area contributed by atoms with Crippen molar-refractivity contribution < 1.29 is 14.3 Å². The van der Waals surface area contributed by atoms with E-state index in [1.807, 2.05) is 54.6 Å². The summed E-state index contributed by atoms with van der Waals surface area (Å²) in [7, 11) is 3.24. The Morgan fingerprint density at radius 1 is 0.889 bits per heavy atom. The lowest BCUT2D eigenvalue weighted by atomic mass is 9.86. The van der Waals surface area contributed by atoms with Gasteiger partial charge in [-0.15, -0.1) is 0 Å². The number of methoxy groups -OCH3 is 1. The van der Waals surface area contributed by atoms with Crippen LogP contribution in [0.4, 0.5) is 0 Å². The normalized spacial score (nSPS) is 12.0. The number of hydrogen-bond donors (Lipinski definition) is 1. The third-order valence-electron chi connectivity index (χ3n) is 6.45. The van der Waals surface area contributed by atoms with Crippen LogP contribution in [0, 0.1) is 0 Å². The maximum atomic E-state index is 13.7. The van der Waals surface area contributed by atoms with Gasteiger partial charge in [-0.05, 0) is 46.2 Å². The maximum Gasteiger partial charge on any atom is 0.242 e. The lowest BCUT2D eigenvalue weighted by Gasteiger charge is -2.31. The molecular weight excluding hydrogens is 448 g/mol. The van der Waals surface area contributed by atoms with Crippen molar-refractivity contribution in [2.45, 2.75) is 58.0 Å². The van der Waals surface area contributed by atoms with E-state index in [1.54, 1.807) is 19.1 Å². The number of benzene rings is 3. The van der Waals surface area contributed by atoms with E-state index in [0.29, 0.717) is 25.8 Å². The number of likely N-dealkylation sites (N-methyl/N-ethyl adjacent to an activating group) is 1. The molecule has 190 valence electrons. The SMILES string of the molecule is CNC(=O)C(Cc1ccccc1)N(Cc1cccc(OC)c1)C(=O)CCc1ccc(C(C)(C)C)cc1. The third-order valence-corrected chi connectivity index (χ3v) is 6.45. The molecule has 0 spiro atoms. The predicted molar refractivity (Wildman–Crippen MR) is 145 cm³/mol. The van der Waals surface area contributed by atoms with Crippen LogP contribution in [0.1, 0.15) is 49.4 Å². The van der Waals surface area contributed by atoms with Crippen molar-refractivity contribution in [2.24, 2.45) is 0 Å². The van der Waals surface area contributed by atoms with Crippen molar-refractivity contribution in [1.82, 2.24) is 10.2 Å². The second-order valence-corrected chi connectivity index (χ2v) is 10.1. The van der Waals surface area contributed by atoms with E-state index in [1.165, 1.54) is 5.56 Å². The van der Waals surface area contributed by atoms with Gasteiger partial charge in [0, 0.05) is 26.4 Å². The number of nitrogens with zero attached hydrogens (tertiary/aromatic N) is 1. The van der Waals surface area contributed by atoms with E-state index >= 15 is 0 Å². The summed E-state index contributed by atoms with van der Waals surface area (Å²) in [5.41, 5.74) is 4.38. The molecule has 3 rings (SSSR count). The van der Waals surface area contributed by atoms with E-state index in [2.05, 4.69) is 50.4 Å². The predicted octanol–water partition coefficient (Wildman–Crippen LogP) is 5.31. The molecule has 3 aromatic rings. The quantitative estimate of drug-likeness (QED) is 0.422. The highest BCUT2D eigenvalue weighted by atomic mass is 16.5. The molecule has 5 nitrogen and oxygen atoms in total. The highest BCUT2D eigenvalue weighted by Gasteiger charge is 2.29. The Hall–Kier alpha value is -3.60. The van der Waals surface area contributed by atoms with E-state index in [0.717, 1.165) is 22.4 Å². The summed E-state index contributed by atoms with van der Waals surface area (Å²) in [6, 6.07) is 25.3. The van der Waals surface area contributed by atoms with Crippen LogP contribution in [0.15, 0.2) is 78.9 Å².